The Morgan fingerprint density at radius 2 is 1.41 bits per heavy atom. The molecular weight excluding hydrogens is 334 g/mol. The molecule has 0 fully saturated rings. The van der Waals surface area contributed by atoms with E-state index in [0.717, 1.165) is 11.1 Å². The lowest BCUT2D eigenvalue weighted by Gasteiger charge is -2.26. The Labute approximate surface area is 161 Å². The van der Waals surface area contributed by atoms with Crippen LogP contribution in [0.5, 0.6) is 0 Å². The topological polar surface area (TPSA) is 38.7 Å². The zero-order valence-corrected chi connectivity index (χ0v) is 17.0. The molecule has 3 nitrogen and oxygen atoms in total. The van der Waals surface area contributed by atoms with Crippen LogP contribution in [0.4, 0.5) is 0 Å². The molecule has 0 amide bonds. The molecule has 0 bridgehead atoms. The van der Waals surface area contributed by atoms with E-state index in [1.165, 1.54) is 11.1 Å². The number of carbonyl (C=O) groups is 1. The van der Waals surface area contributed by atoms with Crippen molar-refractivity contribution in [2.45, 2.75) is 52.4 Å². The van der Waals surface area contributed by atoms with Crippen LogP contribution in [0.15, 0.2) is 59.2 Å². The van der Waals surface area contributed by atoms with Gasteiger partial charge in [0.2, 0.25) is 5.90 Å². The van der Waals surface area contributed by atoms with Crippen LogP contribution in [0, 0.1) is 0 Å². The van der Waals surface area contributed by atoms with E-state index in [0.29, 0.717) is 11.6 Å². The molecule has 3 heteroatoms. The first-order valence-electron chi connectivity index (χ1n) is 9.28. The lowest BCUT2D eigenvalue weighted by molar-refractivity contribution is -0.129. The van der Waals surface area contributed by atoms with E-state index in [9.17, 15) is 4.79 Å². The minimum atomic E-state index is -0.410. The van der Waals surface area contributed by atoms with Crippen molar-refractivity contribution in [3.63, 3.8) is 0 Å². The predicted octanol–water partition coefficient (Wildman–Crippen LogP) is 5.63. The summed E-state index contributed by atoms with van der Waals surface area (Å²) in [6, 6.07) is 16.1. The summed E-state index contributed by atoms with van der Waals surface area (Å²) in [4.78, 5) is 16.8. The first-order valence-corrected chi connectivity index (χ1v) is 9.28. The van der Waals surface area contributed by atoms with Crippen molar-refractivity contribution in [3.05, 3.63) is 76.5 Å². The number of nitrogens with zero attached hydrogens (tertiary/aromatic N) is 1. The SMILES string of the molecule is CC(C)(C)c1cc(C2=N/C(=C/c3ccccc3)C(=O)O2)cc(C(C)(C)C)c1. The number of aliphatic imine (C=N–C) groups is 1. The van der Waals surface area contributed by atoms with Crippen LogP contribution >= 0.6 is 0 Å². The highest BCUT2D eigenvalue weighted by atomic mass is 16.6. The van der Waals surface area contributed by atoms with Crippen molar-refractivity contribution in [3.8, 4) is 0 Å². The summed E-state index contributed by atoms with van der Waals surface area (Å²) >= 11 is 0. The largest absolute Gasteiger partial charge is 0.402 e. The van der Waals surface area contributed by atoms with Gasteiger partial charge in [0.15, 0.2) is 5.70 Å². The van der Waals surface area contributed by atoms with Crippen molar-refractivity contribution < 1.29 is 9.53 Å². The molecule has 0 saturated heterocycles. The highest BCUT2D eigenvalue weighted by molar-refractivity contribution is 6.13. The molecular formula is C24H27NO2. The summed E-state index contributed by atoms with van der Waals surface area (Å²) in [5, 5.41) is 0. The zero-order chi connectivity index (χ0) is 19.8. The van der Waals surface area contributed by atoms with E-state index in [1.54, 1.807) is 6.08 Å². The molecule has 27 heavy (non-hydrogen) atoms. The van der Waals surface area contributed by atoms with Crippen molar-refractivity contribution in [2.75, 3.05) is 0 Å². The van der Waals surface area contributed by atoms with E-state index in [-0.39, 0.29) is 10.8 Å². The lowest BCUT2D eigenvalue weighted by Crippen LogP contribution is -2.18. The van der Waals surface area contributed by atoms with Crippen molar-refractivity contribution in [2.24, 2.45) is 4.99 Å². The summed E-state index contributed by atoms with van der Waals surface area (Å²) in [5.74, 6) is -0.0360. The second-order valence-electron chi connectivity index (χ2n) is 9.05. The minimum Gasteiger partial charge on any atom is -0.402 e. The van der Waals surface area contributed by atoms with Gasteiger partial charge in [0.1, 0.15) is 0 Å². The standard InChI is InChI=1S/C24H27NO2/c1-23(2,3)18-13-17(14-19(15-18)24(4,5)6)21-25-20(22(26)27-21)12-16-10-8-7-9-11-16/h7-15H,1-6H3/b20-12+. The van der Waals surface area contributed by atoms with Crippen LogP contribution in [-0.4, -0.2) is 11.9 Å². The maximum Gasteiger partial charge on any atom is 0.363 e. The van der Waals surface area contributed by atoms with Gasteiger partial charge in [0, 0.05) is 5.56 Å². The van der Waals surface area contributed by atoms with Crippen LogP contribution in [0.3, 0.4) is 0 Å². The van der Waals surface area contributed by atoms with Gasteiger partial charge in [-0.15, -0.1) is 0 Å². The molecule has 0 aliphatic carbocycles. The first kappa shape index (κ1) is 19.1. The van der Waals surface area contributed by atoms with Crippen LogP contribution in [0.2, 0.25) is 0 Å². The molecule has 0 radical (unpaired) electrons. The normalized spacial score (nSPS) is 16.4. The Bertz CT molecular complexity index is 891. The van der Waals surface area contributed by atoms with Crippen LogP contribution in [0.1, 0.15) is 63.8 Å². The molecule has 3 rings (SSSR count). The summed E-state index contributed by atoms with van der Waals surface area (Å²) in [7, 11) is 0. The number of benzene rings is 2. The van der Waals surface area contributed by atoms with Gasteiger partial charge >= 0.3 is 5.97 Å². The van der Waals surface area contributed by atoms with Gasteiger partial charge in [-0.25, -0.2) is 9.79 Å². The fourth-order valence-electron chi connectivity index (χ4n) is 2.86. The van der Waals surface area contributed by atoms with Gasteiger partial charge in [-0.3, -0.25) is 0 Å². The number of hydrogen-bond acceptors (Lipinski definition) is 3. The number of hydrogen-bond donors (Lipinski definition) is 0. The second-order valence-corrected chi connectivity index (χ2v) is 9.05. The molecule has 2 aromatic rings. The summed E-state index contributed by atoms with van der Waals surface area (Å²) in [6.45, 7) is 13.1. The minimum absolute atomic E-state index is 0.0120. The number of rotatable bonds is 2. The predicted molar refractivity (Wildman–Crippen MR) is 111 cm³/mol. The van der Waals surface area contributed by atoms with E-state index in [2.05, 4.69) is 64.7 Å². The van der Waals surface area contributed by atoms with E-state index in [1.807, 2.05) is 30.3 Å². The maximum absolute atomic E-state index is 12.3. The first-order chi connectivity index (χ1) is 12.5. The van der Waals surface area contributed by atoms with E-state index >= 15 is 0 Å². The van der Waals surface area contributed by atoms with Crippen LogP contribution in [-0.2, 0) is 20.4 Å². The smallest absolute Gasteiger partial charge is 0.363 e. The zero-order valence-electron chi connectivity index (χ0n) is 17.0. The van der Waals surface area contributed by atoms with Gasteiger partial charge in [-0.2, -0.15) is 0 Å². The monoisotopic (exact) mass is 361 g/mol. The number of carbonyl (C=O) groups excluding carboxylic acids is 1. The Hall–Kier alpha value is -2.68. The molecule has 140 valence electrons. The molecule has 0 spiro atoms. The Morgan fingerprint density at radius 1 is 0.852 bits per heavy atom. The summed E-state index contributed by atoms with van der Waals surface area (Å²) in [5.41, 5.74) is 4.47. The average Bonchev–Trinajstić information content (AvgIpc) is 2.95. The Morgan fingerprint density at radius 3 is 1.93 bits per heavy atom. The maximum atomic E-state index is 12.3. The summed E-state index contributed by atoms with van der Waals surface area (Å²) < 4.78 is 5.51. The van der Waals surface area contributed by atoms with Gasteiger partial charge in [-0.05, 0) is 45.7 Å². The van der Waals surface area contributed by atoms with Crippen LogP contribution in [0.25, 0.3) is 6.08 Å². The third-order valence-corrected chi connectivity index (χ3v) is 4.64. The Balaban J connectivity index is 2.07. The molecule has 1 aliphatic rings. The van der Waals surface area contributed by atoms with Crippen molar-refractivity contribution in [1.82, 2.24) is 0 Å². The summed E-state index contributed by atoms with van der Waals surface area (Å²) in [6.07, 6.45) is 1.76. The second kappa shape index (κ2) is 6.80. The highest BCUT2D eigenvalue weighted by Crippen LogP contribution is 2.31. The van der Waals surface area contributed by atoms with Gasteiger partial charge < -0.3 is 4.74 Å². The number of cyclic esters (lactones) is 1. The molecule has 1 heterocycles. The third-order valence-electron chi connectivity index (χ3n) is 4.64. The van der Waals surface area contributed by atoms with E-state index in [4.69, 9.17) is 4.74 Å². The lowest BCUT2D eigenvalue weighted by atomic mass is 9.79. The van der Waals surface area contributed by atoms with Gasteiger partial charge in [0.25, 0.3) is 0 Å². The van der Waals surface area contributed by atoms with Crippen molar-refractivity contribution >= 4 is 17.9 Å². The number of esters is 1. The fourth-order valence-corrected chi connectivity index (χ4v) is 2.86. The fraction of sp³-hybridized carbons (Fsp3) is 0.333. The molecule has 2 aromatic carbocycles. The number of ether oxygens (including phenoxy) is 1. The van der Waals surface area contributed by atoms with Gasteiger partial charge in [0.05, 0.1) is 0 Å². The van der Waals surface area contributed by atoms with Gasteiger partial charge in [-0.1, -0.05) is 77.9 Å². The molecule has 1 aliphatic heterocycles. The molecule has 0 N–H and O–H groups in total. The Kier molecular flexibility index (Phi) is 4.81. The molecule has 0 saturated carbocycles. The highest BCUT2D eigenvalue weighted by Gasteiger charge is 2.27. The average molecular weight is 361 g/mol. The molecule has 0 unspecified atom stereocenters. The van der Waals surface area contributed by atoms with Crippen LogP contribution < -0.4 is 0 Å². The third kappa shape index (κ3) is 4.36. The molecule has 0 aromatic heterocycles. The van der Waals surface area contributed by atoms with Crippen molar-refractivity contribution in [1.29, 1.82) is 0 Å². The molecule has 0 atom stereocenters. The van der Waals surface area contributed by atoms with E-state index < -0.39 is 5.97 Å². The quantitative estimate of drug-likeness (QED) is 0.514.